The van der Waals surface area contributed by atoms with Crippen LogP contribution in [0.25, 0.3) is 0 Å². The Labute approximate surface area is 130 Å². The van der Waals surface area contributed by atoms with Crippen molar-refractivity contribution in [1.82, 2.24) is 0 Å². The van der Waals surface area contributed by atoms with Gasteiger partial charge in [-0.05, 0) is 48.2 Å². The molecule has 0 aliphatic carbocycles. The van der Waals surface area contributed by atoms with Crippen LogP contribution in [-0.4, -0.2) is 0 Å². The number of alkyl halides is 2. The SMILES string of the molecule is CCCc1ccc(OC(F)(F)c2ccc(CCC)cc2)cc1. The summed E-state index contributed by atoms with van der Waals surface area (Å²) in [7, 11) is 0. The standard InChI is InChI=1S/C19H22F2O/c1-3-5-15-7-11-17(12-8-15)19(20,21)22-18-13-9-16(6-4-2)10-14-18/h7-14H,3-6H2,1-2H3. The number of rotatable bonds is 7. The van der Waals surface area contributed by atoms with Crippen molar-refractivity contribution in [2.75, 3.05) is 0 Å². The highest BCUT2D eigenvalue weighted by atomic mass is 19.3. The molecule has 0 saturated carbocycles. The summed E-state index contributed by atoms with van der Waals surface area (Å²) in [6, 6.07) is 13.2. The van der Waals surface area contributed by atoms with Crippen LogP contribution in [-0.2, 0) is 19.0 Å². The Kier molecular flexibility index (Phi) is 5.53. The summed E-state index contributed by atoms with van der Waals surface area (Å²) in [6.45, 7) is 4.15. The highest BCUT2D eigenvalue weighted by Crippen LogP contribution is 2.31. The van der Waals surface area contributed by atoms with Gasteiger partial charge in [-0.15, -0.1) is 0 Å². The van der Waals surface area contributed by atoms with Crippen molar-refractivity contribution in [2.24, 2.45) is 0 Å². The fraction of sp³-hybridized carbons (Fsp3) is 0.368. The van der Waals surface area contributed by atoms with Crippen molar-refractivity contribution in [3.05, 3.63) is 65.2 Å². The van der Waals surface area contributed by atoms with Gasteiger partial charge in [0.1, 0.15) is 5.75 Å². The minimum Gasteiger partial charge on any atom is -0.429 e. The Morgan fingerprint density at radius 3 is 1.68 bits per heavy atom. The molecule has 1 nitrogen and oxygen atoms in total. The van der Waals surface area contributed by atoms with Gasteiger partial charge in [-0.2, -0.15) is 8.78 Å². The molecule has 118 valence electrons. The minimum atomic E-state index is -3.32. The second kappa shape index (κ2) is 7.39. The zero-order chi connectivity index (χ0) is 16.0. The average Bonchev–Trinajstić information content (AvgIpc) is 2.50. The Bertz CT molecular complexity index is 573. The molecule has 0 unspecified atom stereocenters. The topological polar surface area (TPSA) is 9.23 Å². The van der Waals surface area contributed by atoms with E-state index in [1.165, 1.54) is 12.1 Å². The lowest BCUT2D eigenvalue weighted by Crippen LogP contribution is -2.21. The smallest absolute Gasteiger partial charge is 0.426 e. The van der Waals surface area contributed by atoms with Crippen LogP contribution in [0.4, 0.5) is 8.78 Å². The van der Waals surface area contributed by atoms with E-state index in [0.717, 1.165) is 36.8 Å². The fourth-order valence-corrected chi connectivity index (χ4v) is 2.37. The first kappa shape index (κ1) is 16.5. The molecular formula is C19H22F2O. The van der Waals surface area contributed by atoms with E-state index in [-0.39, 0.29) is 11.3 Å². The molecule has 22 heavy (non-hydrogen) atoms. The Hall–Kier alpha value is -1.90. The van der Waals surface area contributed by atoms with E-state index in [0.29, 0.717) is 0 Å². The lowest BCUT2D eigenvalue weighted by Gasteiger charge is -2.18. The predicted molar refractivity (Wildman–Crippen MR) is 85.4 cm³/mol. The zero-order valence-corrected chi connectivity index (χ0v) is 13.1. The summed E-state index contributed by atoms with van der Waals surface area (Å²) in [5.74, 6) is 0.183. The lowest BCUT2D eigenvalue weighted by atomic mass is 10.1. The molecule has 0 spiro atoms. The molecular weight excluding hydrogens is 282 g/mol. The zero-order valence-electron chi connectivity index (χ0n) is 13.1. The van der Waals surface area contributed by atoms with Crippen LogP contribution < -0.4 is 4.74 Å². The van der Waals surface area contributed by atoms with Crippen LogP contribution in [0.15, 0.2) is 48.5 Å². The van der Waals surface area contributed by atoms with Gasteiger partial charge in [0.2, 0.25) is 0 Å². The van der Waals surface area contributed by atoms with Gasteiger partial charge in [0.05, 0.1) is 5.56 Å². The number of ether oxygens (including phenoxy) is 1. The predicted octanol–water partition coefficient (Wildman–Crippen LogP) is 5.72. The van der Waals surface area contributed by atoms with E-state index in [4.69, 9.17) is 4.74 Å². The fourth-order valence-electron chi connectivity index (χ4n) is 2.37. The maximum Gasteiger partial charge on any atom is 0.426 e. The van der Waals surface area contributed by atoms with Crippen LogP contribution in [0.5, 0.6) is 5.75 Å². The summed E-state index contributed by atoms with van der Waals surface area (Å²) >= 11 is 0. The van der Waals surface area contributed by atoms with E-state index in [2.05, 4.69) is 13.8 Å². The van der Waals surface area contributed by atoms with E-state index >= 15 is 0 Å². The Balaban J connectivity index is 2.08. The molecule has 0 radical (unpaired) electrons. The summed E-state index contributed by atoms with van der Waals surface area (Å²) in [4.78, 5) is 0. The van der Waals surface area contributed by atoms with Crippen molar-refractivity contribution in [1.29, 1.82) is 0 Å². The van der Waals surface area contributed by atoms with Crippen molar-refractivity contribution in [2.45, 2.75) is 45.6 Å². The van der Waals surface area contributed by atoms with E-state index in [1.807, 2.05) is 12.1 Å². The van der Waals surface area contributed by atoms with Gasteiger partial charge in [0.15, 0.2) is 0 Å². The summed E-state index contributed by atoms with van der Waals surface area (Å²) < 4.78 is 33.3. The first-order valence-corrected chi connectivity index (χ1v) is 7.80. The Morgan fingerprint density at radius 2 is 1.23 bits per heavy atom. The van der Waals surface area contributed by atoms with Crippen LogP contribution in [0.3, 0.4) is 0 Å². The maximum atomic E-state index is 14.2. The maximum absolute atomic E-state index is 14.2. The molecule has 0 aromatic heterocycles. The molecule has 0 saturated heterocycles. The molecule has 0 heterocycles. The minimum absolute atomic E-state index is 0.120. The van der Waals surface area contributed by atoms with Crippen molar-refractivity contribution in [3.8, 4) is 5.75 Å². The van der Waals surface area contributed by atoms with Crippen LogP contribution in [0.1, 0.15) is 43.4 Å². The molecule has 0 N–H and O–H groups in total. The summed E-state index contributed by atoms with van der Waals surface area (Å²) in [5, 5.41) is 0. The van der Waals surface area contributed by atoms with Crippen LogP contribution in [0.2, 0.25) is 0 Å². The highest BCUT2D eigenvalue weighted by molar-refractivity contribution is 5.30. The largest absolute Gasteiger partial charge is 0.429 e. The first-order valence-electron chi connectivity index (χ1n) is 7.80. The second-order valence-electron chi connectivity index (χ2n) is 5.46. The van der Waals surface area contributed by atoms with Gasteiger partial charge >= 0.3 is 6.11 Å². The second-order valence-corrected chi connectivity index (χ2v) is 5.46. The average molecular weight is 304 g/mol. The van der Waals surface area contributed by atoms with Crippen molar-refractivity contribution < 1.29 is 13.5 Å². The number of hydrogen-bond acceptors (Lipinski definition) is 1. The third-order valence-electron chi connectivity index (χ3n) is 3.54. The molecule has 3 heteroatoms. The van der Waals surface area contributed by atoms with Crippen molar-refractivity contribution in [3.63, 3.8) is 0 Å². The number of halogens is 2. The van der Waals surface area contributed by atoms with Gasteiger partial charge in [-0.1, -0.05) is 51.0 Å². The highest BCUT2D eigenvalue weighted by Gasteiger charge is 2.34. The molecule has 0 atom stereocenters. The number of hydrogen-bond donors (Lipinski definition) is 0. The molecule has 2 rings (SSSR count). The van der Waals surface area contributed by atoms with Gasteiger partial charge < -0.3 is 4.74 Å². The summed E-state index contributed by atoms with van der Waals surface area (Å²) in [5.41, 5.74) is 2.07. The van der Waals surface area contributed by atoms with Gasteiger partial charge in [-0.25, -0.2) is 0 Å². The molecule has 0 bridgehead atoms. The molecule has 0 aliphatic heterocycles. The van der Waals surface area contributed by atoms with Crippen LogP contribution >= 0.6 is 0 Å². The summed E-state index contributed by atoms with van der Waals surface area (Å²) in [6.07, 6.45) is 0.537. The quantitative estimate of drug-likeness (QED) is 0.635. The lowest BCUT2D eigenvalue weighted by molar-refractivity contribution is -0.185. The Morgan fingerprint density at radius 1 is 0.773 bits per heavy atom. The van der Waals surface area contributed by atoms with Gasteiger partial charge in [-0.3, -0.25) is 0 Å². The first-order chi connectivity index (χ1) is 10.5. The van der Waals surface area contributed by atoms with Gasteiger partial charge in [0.25, 0.3) is 0 Å². The molecule has 0 fully saturated rings. The van der Waals surface area contributed by atoms with E-state index in [1.54, 1.807) is 24.3 Å². The van der Waals surface area contributed by atoms with E-state index in [9.17, 15) is 8.78 Å². The van der Waals surface area contributed by atoms with E-state index < -0.39 is 6.11 Å². The molecule has 2 aromatic carbocycles. The molecule has 0 aliphatic rings. The molecule has 2 aromatic rings. The number of benzene rings is 2. The third kappa shape index (κ3) is 4.30. The van der Waals surface area contributed by atoms with Gasteiger partial charge in [0, 0.05) is 0 Å². The number of aryl methyl sites for hydroxylation is 2. The normalized spacial score (nSPS) is 11.5. The van der Waals surface area contributed by atoms with Crippen molar-refractivity contribution >= 4 is 0 Å². The van der Waals surface area contributed by atoms with Crippen LogP contribution in [0, 0.1) is 0 Å². The third-order valence-corrected chi connectivity index (χ3v) is 3.54. The monoisotopic (exact) mass is 304 g/mol. The molecule has 0 amide bonds.